The Morgan fingerprint density at radius 3 is 2.75 bits per heavy atom. The van der Waals surface area contributed by atoms with E-state index in [1.165, 1.54) is 0 Å². The van der Waals surface area contributed by atoms with Crippen LogP contribution >= 0.6 is 0 Å². The summed E-state index contributed by atoms with van der Waals surface area (Å²) >= 11 is 0. The number of nitrogens with zero attached hydrogens (tertiary/aromatic N) is 5. The molecule has 1 saturated heterocycles. The standard InChI is InChI=1S/C15H20N6O3/c1-9(2)21-7-11(4-17-21)15(24)20-6-10(3-14(22)23)12(8-20)13-5-16-19-18-13/h4-5,7,9-10,12H,3,6,8H2,1-2H3,(H,22,23)(H,16,18,19)/t10-,12+/m0/s1. The number of aromatic amines is 1. The van der Waals surface area contributed by atoms with Crippen LogP contribution in [-0.4, -0.2) is 60.2 Å². The zero-order valence-corrected chi connectivity index (χ0v) is 13.6. The minimum atomic E-state index is -0.879. The average molecular weight is 332 g/mol. The normalized spacial score (nSPS) is 20.7. The van der Waals surface area contributed by atoms with Gasteiger partial charge in [-0.3, -0.25) is 14.3 Å². The van der Waals surface area contributed by atoms with Gasteiger partial charge in [0, 0.05) is 31.2 Å². The van der Waals surface area contributed by atoms with Crippen molar-refractivity contribution in [3.8, 4) is 0 Å². The molecule has 0 bridgehead atoms. The van der Waals surface area contributed by atoms with Crippen LogP contribution in [-0.2, 0) is 4.79 Å². The van der Waals surface area contributed by atoms with Gasteiger partial charge in [-0.15, -0.1) is 0 Å². The van der Waals surface area contributed by atoms with Crippen molar-refractivity contribution in [3.05, 3.63) is 29.8 Å². The fourth-order valence-electron chi connectivity index (χ4n) is 3.11. The second-order valence-corrected chi connectivity index (χ2v) is 6.37. The quantitative estimate of drug-likeness (QED) is 0.840. The lowest BCUT2D eigenvalue weighted by Crippen LogP contribution is -2.29. The van der Waals surface area contributed by atoms with E-state index in [-0.39, 0.29) is 30.2 Å². The summed E-state index contributed by atoms with van der Waals surface area (Å²) in [5.74, 6) is -1.33. The van der Waals surface area contributed by atoms with Gasteiger partial charge in [-0.05, 0) is 19.8 Å². The van der Waals surface area contributed by atoms with Crippen LogP contribution < -0.4 is 0 Å². The Kier molecular flexibility index (Phi) is 4.32. The maximum Gasteiger partial charge on any atom is 0.303 e. The number of likely N-dealkylation sites (tertiary alicyclic amines) is 1. The summed E-state index contributed by atoms with van der Waals surface area (Å²) in [4.78, 5) is 25.5. The van der Waals surface area contributed by atoms with Gasteiger partial charge in [-0.1, -0.05) is 0 Å². The van der Waals surface area contributed by atoms with E-state index < -0.39 is 5.97 Å². The molecule has 0 radical (unpaired) electrons. The Balaban J connectivity index is 1.78. The number of carboxylic acid groups (broad SMARTS) is 1. The average Bonchev–Trinajstić information content (AvgIpc) is 3.26. The number of nitrogens with one attached hydrogen (secondary N) is 1. The van der Waals surface area contributed by atoms with Gasteiger partial charge in [0.2, 0.25) is 0 Å². The summed E-state index contributed by atoms with van der Waals surface area (Å²) in [5.41, 5.74) is 1.20. The minimum absolute atomic E-state index is 0.00738. The van der Waals surface area contributed by atoms with Gasteiger partial charge < -0.3 is 10.0 Å². The molecule has 24 heavy (non-hydrogen) atoms. The summed E-state index contributed by atoms with van der Waals surface area (Å²) in [6, 6.07) is 0.174. The van der Waals surface area contributed by atoms with Gasteiger partial charge in [0.25, 0.3) is 5.91 Å². The fourth-order valence-corrected chi connectivity index (χ4v) is 3.11. The molecular formula is C15H20N6O3. The third kappa shape index (κ3) is 3.15. The molecule has 2 N–H and O–H groups in total. The number of carbonyl (C=O) groups is 2. The van der Waals surface area contributed by atoms with Crippen molar-refractivity contribution in [3.63, 3.8) is 0 Å². The topological polar surface area (TPSA) is 117 Å². The molecule has 0 aromatic carbocycles. The lowest BCUT2D eigenvalue weighted by atomic mass is 9.91. The summed E-state index contributed by atoms with van der Waals surface area (Å²) in [7, 11) is 0. The monoisotopic (exact) mass is 332 g/mol. The van der Waals surface area contributed by atoms with Gasteiger partial charge in [-0.25, -0.2) is 0 Å². The predicted molar refractivity (Wildman–Crippen MR) is 83.4 cm³/mol. The van der Waals surface area contributed by atoms with E-state index in [0.29, 0.717) is 24.3 Å². The van der Waals surface area contributed by atoms with Gasteiger partial charge in [-0.2, -0.15) is 20.5 Å². The van der Waals surface area contributed by atoms with Gasteiger partial charge >= 0.3 is 5.97 Å². The molecule has 0 unspecified atom stereocenters. The summed E-state index contributed by atoms with van der Waals surface area (Å²) < 4.78 is 1.73. The maximum absolute atomic E-state index is 12.7. The fraction of sp³-hybridized carbons (Fsp3) is 0.533. The summed E-state index contributed by atoms with van der Waals surface area (Å²) in [5, 5.41) is 23.7. The predicted octanol–water partition coefficient (Wildman–Crippen LogP) is 0.913. The number of carbonyl (C=O) groups excluding carboxylic acids is 1. The van der Waals surface area contributed by atoms with Crippen LogP contribution in [0.2, 0.25) is 0 Å². The second kappa shape index (κ2) is 6.42. The van der Waals surface area contributed by atoms with Crippen LogP contribution in [0.4, 0.5) is 0 Å². The van der Waals surface area contributed by atoms with E-state index in [1.807, 2.05) is 13.8 Å². The van der Waals surface area contributed by atoms with Crippen LogP contribution in [0, 0.1) is 5.92 Å². The molecule has 9 heteroatoms. The zero-order chi connectivity index (χ0) is 17.3. The van der Waals surface area contributed by atoms with Crippen molar-refractivity contribution < 1.29 is 14.7 Å². The van der Waals surface area contributed by atoms with Gasteiger partial charge in [0.1, 0.15) is 0 Å². The molecule has 2 aromatic rings. The van der Waals surface area contributed by atoms with Crippen LogP contribution in [0.1, 0.15) is 48.3 Å². The Morgan fingerprint density at radius 1 is 1.38 bits per heavy atom. The molecule has 128 valence electrons. The number of hydrogen-bond donors (Lipinski definition) is 2. The number of aliphatic carboxylic acids is 1. The SMILES string of the molecule is CC(C)n1cc(C(=O)N2C[C@H](CC(=O)O)[C@H](c3cn[nH]n3)C2)cn1. The first-order chi connectivity index (χ1) is 11.5. The van der Waals surface area contributed by atoms with Gasteiger partial charge in [0.15, 0.2) is 0 Å². The number of carboxylic acids is 1. The summed E-state index contributed by atoms with van der Waals surface area (Å²) in [6.07, 6.45) is 4.86. The van der Waals surface area contributed by atoms with E-state index in [1.54, 1.807) is 28.2 Å². The van der Waals surface area contributed by atoms with E-state index in [0.717, 1.165) is 0 Å². The first-order valence-electron chi connectivity index (χ1n) is 7.86. The van der Waals surface area contributed by atoms with Crippen LogP contribution in [0.3, 0.4) is 0 Å². The van der Waals surface area contributed by atoms with Crippen molar-refractivity contribution in [2.24, 2.45) is 5.92 Å². The highest BCUT2D eigenvalue weighted by molar-refractivity contribution is 5.94. The lowest BCUT2D eigenvalue weighted by Gasteiger charge is -2.14. The number of H-pyrrole nitrogens is 1. The van der Waals surface area contributed by atoms with E-state index in [4.69, 9.17) is 5.11 Å². The van der Waals surface area contributed by atoms with E-state index in [2.05, 4.69) is 20.5 Å². The molecule has 0 spiro atoms. The number of rotatable bonds is 5. The third-order valence-electron chi connectivity index (χ3n) is 4.36. The number of hydrogen-bond acceptors (Lipinski definition) is 5. The molecule has 1 amide bonds. The molecule has 9 nitrogen and oxygen atoms in total. The van der Waals surface area contributed by atoms with E-state index >= 15 is 0 Å². The second-order valence-electron chi connectivity index (χ2n) is 6.37. The maximum atomic E-state index is 12.7. The highest BCUT2D eigenvalue weighted by Gasteiger charge is 2.39. The van der Waals surface area contributed by atoms with Crippen LogP contribution in [0.5, 0.6) is 0 Å². The molecule has 2 atom stereocenters. The molecular weight excluding hydrogens is 312 g/mol. The molecule has 1 aliphatic heterocycles. The smallest absolute Gasteiger partial charge is 0.303 e. The lowest BCUT2D eigenvalue weighted by molar-refractivity contribution is -0.138. The largest absolute Gasteiger partial charge is 0.481 e. The first-order valence-corrected chi connectivity index (χ1v) is 7.86. The number of aromatic nitrogens is 5. The Hall–Kier alpha value is -2.71. The van der Waals surface area contributed by atoms with Crippen molar-refractivity contribution >= 4 is 11.9 Å². The molecule has 0 aliphatic carbocycles. The zero-order valence-electron chi connectivity index (χ0n) is 13.6. The minimum Gasteiger partial charge on any atom is -0.481 e. The molecule has 1 aliphatic rings. The molecule has 3 rings (SSSR count). The van der Waals surface area contributed by atoms with Crippen molar-refractivity contribution in [2.45, 2.75) is 32.2 Å². The van der Waals surface area contributed by atoms with Crippen molar-refractivity contribution in [1.29, 1.82) is 0 Å². The highest BCUT2D eigenvalue weighted by Crippen LogP contribution is 2.34. The van der Waals surface area contributed by atoms with Crippen LogP contribution in [0.25, 0.3) is 0 Å². The van der Waals surface area contributed by atoms with Crippen molar-refractivity contribution in [1.82, 2.24) is 30.1 Å². The molecule has 2 aromatic heterocycles. The van der Waals surface area contributed by atoms with E-state index in [9.17, 15) is 9.59 Å². The molecule has 1 fully saturated rings. The number of amides is 1. The molecule has 0 saturated carbocycles. The first kappa shape index (κ1) is 16.2. The highest BCUT2D eigenvalue weighted by atomic mass is 16.4. The molecule has 3 heterocycles. The third-order valence-corrected chi connectivity index (χ3v) is 4.36. The Morgan fingerprint density at radius 2 is 2.17 bits per heavy atom. The Bertz CT molecular complexity index is 723. The van der Waals surface area contributed by atoms with Crippen molar-refractivity contribution in [2.75, 3.05) is 13.1 Å². The van der Waals surface area contributed by atoms with Gasteiger partial charge in [0.05, 0.1) is 30.1 Å². The van der Waals surface area contributed by atoms with Crippen LogP contribution in [0.15, 0.2) is 18.6 Å². The summed E-state index contributed by atoms with van der Waals surface area (Å²) in [6.45, 7) is 4.78. The Labute approximate surface area is 138 Å².